The van der Waals surface area contributed by atoms with Gasteiger partial charge in [0.05, 0.1) is 6.54 Å². The third-order valence-corrected chi connectivity index (χ3v) is 2.58. The predicted molar refractivity (Wildman–Crippen MR) is 72.7 cm³/mol. The average Bonchev–Trinajstić information content (AvgIpc) is 2.88. The number of nitrogens with zero attached hydrogens (tertiary/aromatic N) is 3. The Morgan fingerprint density at radius 1 is 1.26 bits per heavy atom. The quantitative estimate of drug-likeness (QED) is 0.703. The Kier molecular flexibility index (Phi) is 5.31. The molecular formula is C13H19N5O. The van der Waals surface area contributed by atoms with Crippen LogP contribution in [0, 0.1) is 0 Å². The monoisotopic (exact) mass is 261 g/mol. The average molecular weight is 261 g/mol. The summed E-state index contributed by atoms with van der Waals surface area (Å²) in [6.45, 7) is 4.43. The maximum atomic E-state index is 5.46. The molecule has 6 nitrogen and oxygen atoms in total. The first-order valence-corrected chi connectivity index (χ1v) is 6.54. The summed E-state index contributed by atoms with van der Waals surface area (Å²) in [6, 6.07) is 4.44. The fourth-order valence-corrected chi connectivity index (χ4v) is 1.63. The van der Waals surface area contributed by atoms with Crippen molar-refractivity contribution in [3.05, 3.63) is 36.0 Å². The molecule has 0 bridgehead atoms. The van der Waals surface area contributed by atoms with Gasteiger partial charge in [-0.2, -0.15) is 0 Å². The van der Waals surface area contributed by atoms with Gasteiger partial charge in [-0.1, -0.05) is 18.1 Å². The molecule has 0 aliphatic carbocycles. The molecule has 0 aromatic carbocycles. The molecule has 0 fully saturated rings. The molecule has 0 saturated heterocycles. The van der Waals surface area contributed by atoms with Crippen molar-refractivity contribution in [2.24, 2.45) is 0 Å². The molecule has 0 amide bonds. The zero-order chi connectivity index (χ0) is 13.3. The van der Waals surface area contributed by atoms with E-state index >= 15 is 0 Å². The van der Waals surface area contributed by atoms with Crippen molar-refractivity contribution in [1.82, 2.24) is 20.5 Å². The lowest BCUT2D eigenvalue weighted by Gasteiger charge is -2.01. The molecule has 0 radical (unpaired) electrons. The Balaban J connectivity index is 1.71. The van der Waals surface area contributed by atoms with Gasteiger partial charge in [0.1, 0.15) is 0 Å². The van der Waals surface area contributed by atoms with Gasteiger partial charge < -0.3 is 15.1 Å². The molecule has 2 aromatic heterocycles. The summed E-state index contributed by atoms with van der Waals surface area (Å²) in [4.78, 5) is 4.07. The molecule has 6 heteroatoms. The normalized spacial score (nSPS) is 10.6. The summed E-state index contributed by atoms with van der Waals surface area (Å²) in [5.74, 6) is 0.609. The summed E-state index contributed by atoms with van der Waals surface area (Å²) in [7, 11) is 0. The van der Waals surface area contributed by atoms with Gasteiger partial charge >= 0.3 is 6.01 Å². The van der Waals surface area contributed by atoms with Gasteiger partial charge in [-0.15, -0.1) is 5.10 Å². The highest BCUT2D eigenvalue weighted by molar-refractivity contribution is 5.18. The summed E-state index contributed by atoms with van der Waals surface area (Å²) in [5.41, 5.74) is 1.18. The largest absolute Gasteiger partial charge is 0.407 e. The Hall–Kier alpha value is -1.95. The molecule has 2 aromatic rings. The number of rotatable bonds is 8. The Labute approximate surface area is 112 Å². The molecule has 0 aliphatic rings. The number of nitrogens with one attached hydrogen (secondary N) is 2. The first kappa shape index (κ1) is 13.5. The van der Waals surface area contributed by atoms with Crippen molar-refractivity contribution in [2.45, 2.75) is 26.3 Å². The van der Waals surface area contributed by atoms with Gasteiger partial charge in [-0.25, -0.2) is 0 Å². The number of hydrogen-bond donors (Lipinski definition) is 2. The van der Waals surface area contributed by atoms with E-state index in [1.807, 2.05) is 18.3 Å². The Morgan fingerprint density at radius 2 is 2.21 bits per heavy atom. The van der Waals surface area contributed by atoms with Crippen LogP contribution in [0.1, 0.15) is 24.8 Å². The van der Waals surface area contributed by atoms with Crippen molar-refractivity contribution < 1.29 is 4.42 Å². The van der Waals surface area contributed by atoms with Crippen LogP contribution >= 0.6 is 0 Å². The summed E-state index contributed by atoms with van der Waals surface area (Å²) in [5, 5.41) is 14.2. The number of hydrogen-bond acceptors (Lipinski definition) is 6. The van der Waals surface area contributed by atoms with Crippen molar-refractivity contribution in [3.8, 4) is 0 Å². The van der Waals surface area contributed by atoms with Crippen molar-refractivity contribution >= 4 is 6.01 Å². The van der Waals surface area contributed by atoms with Gasteiger partial charge in [0, 0.05) is 18.9 Å². The lowest BCUT2D eigenvalue weighted by atomic mass is 10.2. The molecule has 0 saturated carbocycles. The zero-order valence-corrected chi connectivity index (χ0v) is 11.1. The third kappa shape index (κ3) is 4.67. The van der Waals surface area contributed by atoms with E-state index in [0.29, 0.717) is 18.5 Å². The van der Waals surface area contributed by atoms with E-state index in [1.165, 1.54) is 5.56 Å². The van der Waals surface area contributed by atoms with E-state index in [-0.39, 0.29) is 0 Å². The fourth-order valence-electron chi connectivity index (χ4n) is 1.63. The highest BCUT2D eigenvalue weighted by Gasteiger charge is 2.04. The smallest absolute Gasteiger partial charge is 0.315 e. The number of aromatic nitrogens is 3. The van der Waals surface area contributed by atoms with Crippen LogP contribution in [0.15, 0.2) is 28.9 Å². The van der Waals surface area contributed by atoms with Gasteiger partial charge in [0.2, 0.25) is 5.89 Å². The Morgan fingerprint density at radius 3 is 3.00 bits per heavy atom. The summed E-state index contributed by atoms with van der Waals surface area (Å²) in [6.07, 6.45) is 5.59. The Bertz CT molecular complexity index is 471. The van der Waals surface area contributed by atoms with Crippen LogP contribution in [0.3, 0.4) is 0 Å². The van der Waals surface area contributed by atoms with E-state index in [0.717, 1.165) is 25.9 Å². The lowest BCUT2D eigenvalue weighted by molar-refractivity contribution is 0.477. The molecule has 0 aliphatic heterocycles. The predicted octanol–water partition coefficient (Wildman–Crippen LogP) is 1.62. The molecule has 0 spiro atoms. The van der Waals surface area contributed by atoms with E-state index < -0.39 is 0 Å². The second-order valence-corrected chi connectivity index (χ2v) is 4.22. The van der Waals surface area contributed by atoms with Crippen LogP contribution in [-0.2, 0) is 13.0 Å². The van der Waals surface area contributed by atoms with Gasteiger partial charge in [-0.05, 0) is 31.0 Å². The highest BCUT2D eigenvalue weighted by Crippen LogP contribution is 2.05. The second kappa shape index (κ2) is 7.48. The minimum absolute atomic E-state index is 0.470. The van der Waals surface area contributed by atoms with Crippen molar-refractivity contribution in [1.29, 1.82) is 0 Å². The first-order chi connectivity index (χ1) is 9.38. The van der Waals surface area contributed by atoms with Gasteiger partial charge in [0.25, 0.3) is 0 Å². The van der Waals surface area contributed by atoms with Crippen LogP contribution in [0.4, 0.5) is 6.01 Å². The summed E-state index contributed by atoms with van der Waals surface area (Å²) < 4.78 is 5.46. The van der Waals surface area contributed by atoms with Crippen LogP contribution in [0.25, 0.3) is 0 Å². The van der Waals surface area contributed by atoms with Crippen molar-refractivity contribution in [2.75, 3.05) is 18.4 Å². The molecule has 0 unspecified atom stereocenters. The third-order valence-electron chi connectivity index (χ3n) is 2.58. The fraction of sp³-hybridized carbons (Fsp3) is 0.462. The zero-order valence-electron chi connectivity index (χ0n) is 11.1. The minimum atomic E-state index is 0.470. The van der Waals surface area contributed by atoms with Crippen LogP contribution in [-0.4, -0.2) is 28.3 Å². The van der Waals surface area contributed by atoms with Crippen LogP contribution in [0.2, 0.25) is 0 Å². The molecule has 0 atom stereocenters. The molecule has 19 heavy (non-hydrogen) atoms. The maximum absolute atomic E-state index is 5.46. The van der Waals surface area contributed by atoms with E-state index in [1.54, 1.807) is 6.20 Å². The highest BCUT2D eigenvalue weighted by atomic mass is 16.4. The molecule has 2 heterocycles. The minimum Gasteiger partial charge on any atom is -0.407 e. The van der Waals surface area contributed by atoms with Crippen LogP contribution in [0.5, 0.6) is 0 Å². The molecule has 2 N–H and O–H groups in total. The van der Waals surface area contributed by atoms with Gasteiger partial charge in [0.15, 0.2) is 0 Å². The molecule has 2 rings (SSSR count). The van der Waals surface area contributed by atoms with E-state index in [2.05, 4.69) is 32.7 Å². The second-order valence-electron chi connectivity index (χ2n) is 4.22. The summed E-state index contributed by atoms with van der Waals surface area (Å²) >= 11 is 0. The maximum Gasteiger partial charge on any atom is 0.315 e. The van der Waals surface area contributed by atoms with Crippen LogP contribution < -0.4 is 10.6 Å². The molecule has 102 valence electrons. The lowest BCUT2D eigenvalue weighted by Crippen LogP contribution is -2.13. The molecular weight excluding hydrogens is 242 g/mol. The van der Waals surface area contributed by atoms with Gasteiger partial charge in [-0.3, -0.25) is 4.98 Å². The van der Waals surface area contributed by atoms with Crippen molar-refractivity contribution in [3.63, 3.8) is 0 Å². The topological polar surface area (TPSA) is 75.9 Å². The number of pyridine rings is 1. The number of anilines is 1. The van der Waals surface area contributed by atoms with E-state index in [9.17, 15) is 0 Å². The SMILES string of the molecule is CCCNCc1nnc(NCCc2cccnc2)o1. The first-order valence-electron chi connectivity index (χ1n) is 6.54. The van der Waals surface area contributed by atoms with E-state index in [4.69, 9.17) is 4.42 Å². The standard InChI is InChI=1S/C13H19N5O/c1-2-6-14-10-12-17-18-13(19-12)16-8-5-11-4-3-7-15-9-11/h3-4,7,9,14H,2,5-6,8,10H2,1H3,(H,16,18).